The smallest absolute Gasteiger partial charge is 0.251 e. The summed E-state index contributed by atoms with van der Waals surface area (Å²) < 4.78 is 5.68. The van der Waals surface area contributed by atoms with E-state index in [0.717, 1.165) is 32.4 Å². The Hall–Kier alpha value is -0.610. The predicted molar refractivity (Wildman–Crippen MR) is 66.5 cm³/mol. The van der Waals surface area contributed by atoms with Crippen LogP contribution in [-0.4, -0.2) is 42.6 Å². The summed E-state index contributed by atoms with van der Waals surface area (Å²) in [6, 6.07) is 0. The van der Waals surface area contributed by atoms with Crippen molar-refractivity contribution in [3.8, 4) is 0 Å². The molecule has 2 fully saturated rings. The van der Waals surface area contributed by atoms with Gasteiger partial charge in [0.05, 0.1) is 6.10 Å². The van der Waals surface area contributed by atoms with Crippen molar-refractivity contribution in [3.05, 3.63) is 0 Å². The number of carbonyl (C=O) groups excluding carboxylic acids is 1. The van der Waals surface area contributed by atoms with Crippen molar-refractivity contribution in [2.45, 2.75) is 51.2 Å². The maximum absolute atomic E-state index is 12.3. The molecule has 1 amide bonds. The van der Waals surface area contributed by atoms with Crippen molar-refractivity contribution in [1.29, 1.82) is 0 Å². The van der Waals surface area contributed by atoms with Crippen LogP contribution in [0.3, 0.4) is 0 Å². The summed E-state index contributed by atoms with van der Waals surface area (Å²) in [6.07, 6.45) is 5.20. The number of likely N-dealkylation sites (tertiary alicyclic amines) is 1. The monoisotopic (exact) mass is 240 g/mol. The van der Waals surface area contributed by atoms with E-state index in [-0.39, 0.29) is 18.1 Å². The summed E-state index contributed by atoms with van der Waals surface area (Å²) in [5.74, 6) is 0.874. The van der Waals surface area contributed by atoms with Crippen LogP contribution in [-0.2, 0) is 9.53 Å². The van der Waals surface area contributed by atoms with E-state index >= 15 is 0 Å². The van der Waals surface area contributed by atoms with Crippen molar-refractivity contribution in [2.24, 2.45) is 11.7 Å². The first-order valence-corrected chi connectivity index (χ1v) is 6.89. The van der Waals surface area contributed by atoms with E-state index in [2.05, 4.69) is 6.92 Å². The van der Waals surface area contributed by atoms with Gasteiger partial charge in [-0.1, -0.05) is 13.3 Å². The summed E-state index contributed by atoms with van der Waals surface area (Å²) >= 11 is 0. The van der Waals surface area contributed by atoms with Gasteiger partial charge in [0.1, 0.15) is 6.10 Å². The molecule has 2 N–H and O–H groups in total. The molecule has 17 heavy (non-hydrogen) atoms. The highest BCUT2D eigenvalue weighted by Crippen LogP contribution is 2.24. The average molecular weight is 240 g/mol. The first kappa shape index (κ1) is 12.8. The van der Waals surface area contributed by atoms with Crippen molar-refractivity contribution >= 4 is 5.91 Å². The van der Waals surface area contributed by atoms with Crippen molar-refractivity contribution < 1.29 is 9.53 Å². The fourth-order valence-electron chi connectivity index (χ4n) is 2.86. The molecule has 3 unspecified atom stereocenters. The molecule has 0 bridgehead atoms. The fourth-order valence-corrected chi connectivity index (χ4v) is 2.86. The van der Waals surface area contributed by atoms with Crippen LogP contribution >= 0.6 is 0 Å². The first-order chi connectivity index (χ1) is 8.24. The molecule has 0 saturated carbocycles. The molecule has 2 heterocycles. The molecule has 98 valence electrons. The Morgan fingerprint density at radius 3 is 2.88 bits per heavy atom. The lowest BCUT2D eigenvalue weighted by Crippen LogP contribution is -2.45. The van der Waals surface area contributed by atoms with Crippen LogP contribution in [0.4, 0.5) is 0 Å². The Balaban J connectivity index is 1.87. The van der Waals surface area contributed by atoms with Gasteiger partial charge in [0.25, 0.3) is 5.91 Å². The van der Waals surface area contributed by atoms with Gasteiger partial charge in [-0.15, -0.1) is 0 Å². The summed E-state index contributed by atoms with van der Waals surface area (Å²) in [4.78, 5) is 14.3. The van der Waals surface area contributed by atoms with E-state index in [1.165, 1.54) is 12.8 Å². The SMILES string of the molecule is CCC1CCCN(C(=O)C2CCC(CN)O2)C1. The molecule has 2 aliphatic rings. The molecule has 0 aromatic heterocycles. The van der Waals surface area contributed by atoms with Crippen molar-refractivity contribution in [2.75, 3.05) is 19.6 Å². The van der Waals surface area contributed by atoms with Gasteiger partial charge in [0.15, 0.2) is 0 Å². The number of nitrogens with two attached hydrogens (primary N) is 1. The largest absolute Gasteiger partial charge is 0.364 e. The third-order valence-electron chi connectivity index (χ3n) is 4.05. The first-order valence-electron chi connectivity index (χ1n) is 6.89. The molecule has 4 nitrogen and oxygen atoms in total. The number of ether oxygens (including phenoxy) is 1. The highest BCUT2D eigenvalue weighted by Gasteiger charge is 2.34. The van der Waals surface area contributed by atoms with E-state index in [0.29, 0.717) is 12.5 Å². The third kappa shape index (κ3) is 2.99. The van der Waals surface area contributed by atoms with Crippen LogP contribution in [0.25, 0.3) is 0 Å². The zero-order valence-electron chi connectivity index (χ0n) is 10.7. The summed E-state index contributed by atoms with van der Waals surface area (Å²) in [7, 11) is 0. The lowest BCUT2D eigenvalue weighted by Gasteiger charge is -2.33. The van der Waals surface area contributed by atoms with Crippen molar-refractivity contribution in [3.63, 3.8) is 0 Å². The number of carbonyl (C=O) groups is 1. The van der Waals surface area contributed by atoms with Crippen LogP contribution in [0, 0.1) is 5.92 Å². The van der Waals surface area contributed by atoms with Crippen LogP contribution in [0.2, 0.25) is 0 Å². The molecule has 0 aromatic carbocycles. The van der Waals surface area contributed by atoms with Gasteiger partial charge < -0.3 is 15.4 Å². The molecule has 0 radical (unpaired) electrons. The van der Waals surface area contributed by atoms with Gasteiger partial charge in [-0.05, 0) is 31.6 Å². The quantitative estimate of drug-likeness (QED) is 0.805. The molecule has 2 aliphatic heterocycles. The zero-order chi connectivity index (χ0) is 12.3. The Morgan fingerprint density at radius 2 is 2.24 bits per heavy atom. The molecule has 0 aliphatic carbocycles. The highest BCUT2D eigenvalue weighted by atomic mass is 16.5. The number of rotatable bonds is 3. The van der Waals surface area contributed by atoms with Crippen LogP contribution < -0.4 is 5.73 Å². The maximum atomic E-state index is 12.3. The number of hydrogen-bond acceptors (Lipinski definition) is 3. The zero-order valence-corrected chi connectivity index (χ0v) is 10.7. The minimum Gasteiger partial charge on any atom is -0.364 e. The number of amides is 1. The second kappa shape index (κ2) is 5.83. The van der Waals surface area contributed by atoms with E-state index < -0.39 is 0 Å². The molecular formula is C13H24N2O2. The minimum atomic E-state index is -0.223. The third-order valence-corrected chi connectivity index (χ3v) is 4.05. The summed E-state index contributed by atoms with van der Waals surface area (Å²) in [6.45, 7) is 4.56. The fraction of sp³-hybridized carbons (Fsp3) is 0.923. The van der Waals surface area contributed by atoms with Crippen LogP contribution in [0.1, 0.15) is 39.0 Å². The Labute approximate surface area is 103 Å². The maximum Gasteiger partial charge on any atom is 0.251 e. The Bertz CT molecular complexity index is 270. The lowest BCUT2D eigenvalue weighted by atomic mass is 9.95. The average Bonchev–Trinajstić information content (AvgIpc) is 2.86. The summed E-state index contributed by atoms with van der Waals surface area (Å²) in [5, 5.41) is 0. The number of piperidine rings is 1. The van der Waals surface area contributed by atoms with Crippen LogP contribution in [0.15, 0.2) is 0 Å². The molecule has 0 aromatic rings. The molecule has 4 heteroatoms. The van der Waals surface area contributed by atoms with E-state index in [1.54, 1.807) is 0 Å². The van der Waals surface area contributed by atoms with Gasteiger partial charge in [-0.2, -0.15) is 0 Å². The van der Waals surface area contributed by atoms with Crippen molar-refractivity contribution in [1.82, 2.24) is 4.90 Å². The summed E-state index contributed by atoms with van der Waals surface area (Å²) in [5.41, 5.74) is 5.57. The molecular weight excluding hydrogens is 216 g/mol. The second-order valence-electron chi connectivity index (χ2n) is 5.26. The van der Waals surface area contributed by atoms with E-state index in [1.807, 2.05) is 4.90 Å². The van der Waals surface area contributed by atoms with Gasteiger partial charge >= 0.3 is 0 Å². The highest BCUT2D eigenvalue weighted by molar-refractivity contribution is 5.81. The second-order valence-corrected chi connectivity index (χ2v) is 5.26. The normalized spacial score (nSPS) is 34.0. The molecule has 2 saturated heterocycles. The minimum absolute atomic E-state index is 0.0933. The van der Waals surface area contributed by atoms with Crippen LogP contribution in [0.5, 0.6) is 0 Å². The lowest BCUT2D eigenvalue weighted by molar-refractivity contribution is -0.144. The molecule has 3 atom stereocenters. The van der Waals surface area contributed by atoms with Gasteiger partial charge in [0.2, 0.25) is 0 Å². The molecule has 0 spiro atoms. The topological polar surface area (TPSA) is 55.6 Å². The number of hydrogen-bond donors (Lipinski definition) is 1. The Morgan fingerprint density at radius 1 is 1.41 bits per heavy atom. The van der Waals surface area contributed by atoms with E-state index in [4.69, 9.17) is 10.5 Å². The van der Waals surface area contributed by atoms with Gasteiger partial charge in [-0.25, -0.2) is 0 Å². The number of nitrogens with zero attached hydrogens (tertiary/aromatic N) is 1. The Kier molecular flexibility index (Phi) is 4.40. The van der Waals surface area contributed by atoms with Gasteiger partial charge in [-0.3, -0.25) is 4.79 Å². The van der Waals surface area contributed by atoms with Gasteiger partial charge in [0, 0.05) is 19.6 Å². The molecule has 2 rings (SSSR count). The standard InChI is InChI=1S/C13H24N2O2/c1-2-10-4-3-7-15(9-10)13(16)12-6-5-11(8-14)17-12/h10-12H,2-9,14H2,1H3. The van der Waals surface area contributed by atoms with E-state index in [9.17, 15) is 4.79 Å². The predicted octanol–water partition coefficient (Wildman–Crippen LogP) is 1.14.